The number of carboxylic acids is 1. The zero-order valence-corrected chi connectivity index (χ0v) is 10.1. The zero-order chi connectivity index (χ0) is 11.3. The first-order chi connectivity index (χ1) is 7.15. The smallest absolute Gasteiger partial charge is 0.337 e. The van der Waals surface area contributed by atoms with Crippen LogP contribution in [0.4, 0.5) is 0 Å². The lowest BCUT2D eigenvalue weighted by atomic mass is 10.1. The highest BCUT2D eigenvalue weighted by Gasteiger charge is 2.07. The molecule has 1 rings (SSSR count). The molecule has 0 atom stereocenters. The Bertz CT molecular complexity index is 432. The summed E-state index contributed by atoms with van der Waals surface area (Å²) in [5.74, 6) is 4.79. The van der Waals surface area contributed by atoms with Gasteiger partial charge in [-0.1, -0.05) is 39.4 Å². The summed E-state index contributed by atoms with van der Waals surface area (Å²) in [5.41, 5.74) is 0.827. The lowest BCUT2D eigenvalue weighted by Crippen LogP contribution is -1.97. The van der Waals surface area contributed by atoms with E-state index in [9.17, 15) is 4.79 Å². The molecule has 0 saturated heterocycles. The molecular weight excluding hydrogens is 279 g/mol. The van der Waals surface area contributed by atoms with Crippen LogP contribution < -0.4 is 0 Å². The van der Waals surface area contributed by atoms with Crippen molar-refractivity contribution in [1.82, 2.24) is 0 Å². The maximum absolute atomic E-state index is 10.7. The SMILES string of the molecule is O=C(O)c1ccc(C#CCCBr)cc1Cl. The Morgan fingerprint density at radius 3 is 2.80 bits per heavy atom. The minimum Gasteiger partial charge on any atom is -0.478 e. The molecule has 78 valence electrons. The molecule has 1 aromatic rings. The van der Waals surface area contributed by atoms with Crippen LogP contribution in [0.5, 0.6) is 0 Å². The lowest BCUT2D eigenvalue weighted by molar-refractivity contribution is 0.0697. The van der Waals surface area contributed by atoms with Gasteiger partial charge in [0.1, 0.15) is 0 Å². The van der Waals surface area contributed by atoms with Gasteiger partial charge in [-0.15, -0.1) is 0 Å². The highest BCUT2D eigenvalue weighted by Crippen LogP contribution is 2.17. The summed E-state index contributed by atoms with van der Waals surface area (Å²) in [7, 11) is 0. The average molecular weight is 288 g/mol. The maximum Gasteiger partial charge on any atom is 0.337 e. The molecule has 0 radical (unpaired) electrons. The molecule has 0 aliphatic carbocycles. The number of halogens is 2. The number of benzene rings is 1. The minimum absolute atomic E-state index is 0.0997. The van der Waals surface area contributed by atoms with E-state index in [1.807, 2.05) is 0 Å². The predicted octanol–water partition coefficient (Wildman–Crippen LogP) is 3.17. The number of rotatable bonds is 2. The topological polar surface area (TPSA) is 37.3 Å². The second-order valence-electron chi connectivity index (χ2n) is 2.74. The molecular formula is C11H8BrClO2. The third kappa shape index (κ3) is 3.58. The molecule has 0 aliphatic heterocycles. The van der Waals surface area contributed by atoms with Gasteiger partial charge in [-0.25, -0.2) is 4.79 Å². The van der Waals surface area contributed by atoms with E-state index in [4.69, 9.17) is 16.7 Å². The van der Waals surface area contributed by atoms with Crippen molar-refractivity contribution in [2.75, 3.05) is 5.33 Å². The van der Waals surface area contributed by atoms with E-state index in [-0.39, 0.29) is 10.6 Å². The van der Waals surface area contributed by atoms with Crippen molar-refractivity contribution >= 4 is 33.5 Å². The fraction of sp³-hybridized carbons (Fsp3) is 0.182. The second kappa shape index (κ2) is 5.79. The van der Waals surface area contributed by atoms with Crippen molar-refractivity contribution < 1.29 is 9.90 Å². The van der Waals surface area contributed by atoms with Gasteiger partial charge in [-0.05, 0) is 18.2 Å². The molecule has 0 spiro atoms. The molecule has 15 heavy (non-hydrogen) atoms. The van der Waals surface area contributed by atoms with E-state index in [0.717, 1.165) is 17.3 Å². The van der Waals surface area contributed by atoms with Crippen molar-refractivity contribution in [3.63, 3.8) is 0 Å². The predicted molar refractivity (Wildman–Crippen MR) is 63.7 cm³/mol. The molecule has 0 aromatic heterocycles. The van der Waals surface area contributed by atoms with Gasteiger partial charge in [0.2, 0.25) is 0 Å². The summed E-state index contributed by atoms with van der Waals surface area (Å²) in [4.78, 5) is 10.7. The standard InChI is InChI=1S/C11H8BrClO2/c12-6-2-1-3-8-4-5-9(11(14)15)10(13)7-8/h4-5,7H,2,6H2,(H,14,15). The van der Waals surface area contributed by atoms with Gasteiger partial charge >= 0.3 is 5.97 Å². The monoisotopic (exact) mass is 286 g/mol. The van der Waals surface area contributed by atoms with Gasteiger partial charge in [-0.2, -0.15) is 0 Å². The first-order valence-electron chi connectivity index (χ1n) is 4.23. The van der Waals surface area contributed by atoms with Gasteiger partial charge in [0, 0.05) is 17.3 Å². The van der Waals surface area contributed by atoms with Gasteiger partial charge in [0.15, 0.2) is 0 Å². The zero-order valence-electron chi connectivity index (χ0n) is 7.76. The van der Waals surface area contributed by atoms with Gasteiger partial charge in [0.25, 0.3) is 0 Å². The number of carbonyl (C=O) groups is 1. The molecule has 4 heteroatoms. The normalized spacial score (nSPS) is 9.20. The van der Waals surface area contributed by atoms with Gasteiger partial charge in [-0.3, -0.25) is 0 Å². The summed E-state index contributed by atoms with van der Waals surface area (Å²) >= 11 is 9.04. The summed E-state index contributed by atoms with van der Waals surface area (Å²) in [6, 6.07) is 4.67. The van der Waals surface area contributed by atoms with Gasteiger partial charge in [0.05, 0.1) is 10.6 Å². The minimum atomic E-state index is -1.03. The van der Waals surface area contributed by atoms with E-state index < -0.39 is 5.97 Å². The quantitative estimate of drug-likeness (QED) is 0.670. The molecule has 0 amide bonds. The number of aromatic carboxylic acids is 1. The van der Waals surface area contributed by atoms with Crippen LogP contribution >= 0.6 is 27.5 Å². The average Bonchev–Trinajstić information content (AvgIpc) is 2.17. The van der Waals surface area contributed by atoms with Crippen molar-refractivity contribution in [3.8, 4) is 11.8 Å². The fourth-order valence-corrected chi connectivity index (χ4v) is 1.44. The Hall–Kier alpha value is -0.980. The summed E-state index contributed by atoms with van der Waals surface area (Å²) in [6.45, 7) is 0. The first kappa shape index (κ1) is 12.1. The summed E-state index contributed by atoms with van der Waals surface area (Å²) in [6.07, 6.45) is 0.748. The van der Waals surface area contributed by atoms with E-state index in [0.29, 0.717) is 0 Å². The van der Waals surface area contributed by atoms with E-state index >= 15 is 0 Å². The van der Waals surface area contributed by atoms with Crippen molar-refractivity contribution in [1.29, 1.82) is 0 Å². The van der Waals surface area contributed by atoms with Crippen LogP contribution in [0.15, 0.2) is 18.2 Å². The molecule has 1 N–H and O–H groups in total. The van der Waals surface area contributed by atoms with Crippen molar-refractivity contribution in [2.45, 2.75) is 6.42 Å². The van der Waals surface area contributed by atoms with E-state index in [1.165, 1.54) is 6.07 Å². The molecule has 0 heterocycles. The molecule has 0 bridgehead atoms. The molecule has 0 saturated carbocycles. The number of carboxylic acid groups (broad SMARTS) is 1. The molecule has 1 aromatic carbocycles. The molecule has 2 nitrogen and oxygen atoms in total. The van der Waals surface area contributed by atoms with Crippen LogP contribution in [-0.2, 0) is 0 Å². The Morgan fingerprint density at radius 2 is 2.27 bits per heavy atom. The molecule has 0 aliphatic rings. The maximum atomic E-state index is 10.7. The van der Waals surface area contributed by atoms with Crippen LogP contribution in [0.3, 0.4) is 0 Å². The van der Waals surface area contributed by atoms with Gasteiger partial charge < -0.3 is 5.11 Å². The first-order valence-corrected chi connectivity index (χ1v) is 5.72. The van der Waals surface area contributed by atoms with Crippen LogP contribution in [0.2, 0.25) is 5.02 Å². The Morgan fingerprint density at radius 1 is 1.53 bits per heavy atom. The van der Waals surface area contributed by atoms with E-state index in [2.05, 4.69) is 27.8 Å². The Balaban J connectivity index is 2.93. The number of hydrogen-bond acceptors (Lipinski definition) is 1. The molecule has 0 unspecified atom stereocenters. The summed E-state index contributed by atoms with van der Waals surface area (Å²) in [5, 5.41) is 9.78. The number of hydrogen-bond donors (Lipinski definition) is 1. The summed E-state index contributed by atoms with van der Waals surface area (Å²) < 4.78 is 0. The third-order valence-electron chi connectivity index (χ3n) is 1.65. The van der Waals surface area contributed by atoms with Crippen molar-refractivity contribution in [3.05, 3.63) is 34.3 Å². The Kier molecular flexibility index (Phi) is 4.67. The van der Waals surface area contributed by atoms with Crippen LogP contribution in [0.25, 0.3) is 0 Å². The van der Waals surface area contributed by atoms with Crippen LogP contribution in [0.1, 0.15) is 22.3 Å². The highest BCUT2D eigenvalue weighted by atomic mass is 79.9. The highest BCUT2D eigenvalue weighted by molar-refractivity contribution is 9.09. The second-order valence-corrected chi connectivity index (χ2v) is 3.94. The van der Waals surface area contributed by atoms with Crippen molar-refractivity contribution in [2.24, 2.45) is 0 Å². The van der Waals surface area contributed by atoms with Crippen LogP contribution in [0, 0.1) is 11.8 Å². The van der Waals surface area contributed by atoms with Crippen LogP contribution in [-0.4, -0.2) is 16.4 Å². The number of alkyl halides is 1. The van der Waals surface area contributed by atoms with E-state index in [1.54, 1.807) is 12.1 Å². The molecule has 0 fully saturated rings. The fourth-order valence-electron chi connectivity index (χ4n) is 0.978. The lowest BCUT2D eigenvalue weighted by Gasteiger charge is -1.98. The largest absolute Gasteiger partial charge is 0.478 e. The third-order valence-corrected chi connectivity index (χ3v) is 2.36. The Labute approximate surface area is 101 Å².